The predicted octanol–water partition coefficient (Wildman–Crippen LogP) is 1.42. The molecule has 134 valence electrons. The van der Waals surface area contributed by atoms with Gasteiger partial charge in [0.1, 0.15) is 5.75 Å². The summed E-state index contributed by atoms with van der Waals surface area (Å²) in [4.78, 5) is 17.3. The molecule has 0 aromatic heterocycles. The average Bonchev–Trinajstić information content (AvgIpc) is 3.29. The first-order chi connectivity index (χ1) is 12.2. The molecule has 0 radical (unpaired) electrons. The van der Waals surface area contributed by atoms with E-state index in [4.69, 9.17) is 14.7 Å². The Hall–Kier alpha value is -2.54. The van der Waals surface area contributed by atoms with Crippen LogP contribution in [0.1, 0.15) is 18.4 Å². The van der Waals surface area contributed by atoms with Crippen LogP contribution in [0, 0.1) is 5.92 Å². The number of urea groups is 1. The minimum Gasteiger partial charge on any atom is -0.497 e. The van der Waals surface area contributed by atoms with E-state index in [9.17, 15) is 4.79 Å². The quantitative estimate of drug-likeness (QED) is 0.680. The third-order valence-electron chi connectivity index (χ3n) is 4.37. The van der Waals surface area contributed by atoms with Crippen LogP contribution >= 0.6 is 0 Å². The Kier molecular flexibility index (Phi) is 5.55. The van der Waals surface area contributed by atoms with Gasteiger partial charge in [-0.3, -0.25) is 0 Å². The Morgan fingerprint density at radius 1 is 1.36 bits per heavy atom. The van der Waals surface area contributed by atoms with Gasteiger partial charge in [0.2, 0.25) is 0 Å². The first-order valence-corrected chi connectivity index (χ1v) is 8.38. The summed E-state index contributed by atoms with van der Waals surface area (Å²) in [5.74, 6) is 0.923. The molecule has 7 nitrogen and oxygen atoms in total. The van der Waals surface area contributed by atoms with Crippen molar-refractivity contribution in [3.05, 3.63) is 42.0 Å². The highest BCUT2D eigenvalue weighted by Crippen LogP contribution is 2.19. The lowest BCUT2D eigenvalue weighted by molar-refractivity contribution is 0.0864. The summed E-state index contributed by atoms with van der Waals surface area (Å²) in [5.41, 5.74) is 1.85. The van der Waals surface area contributed by atoms with Gasteiger partial charge in [0, 0.05) is 25.0 Å². The van der Waals surface area contributed by atoms with Gasteiger partial charge in [0.25, 0.3) is 0 Å². The molecule has 2 amide bonds. The molecule has 1 aromatic rings. The van der Waals surface area contributed by atoms with Crippen LogP contribution in [-0.4, -0.2) is 49.3 Å². The zero-order chi connectivity index (χ0) is 17.6. The third kappa shape index (κ3) is 4.51. The van der Waals surface area contributed by atoms with Crippen molar-refractivity contribution in [2.45, 2.75) is 25.0 Å². The van der Waals surface area contributed by atoms with E-state index in [0.717, 1.165) is 23.4 Å². The molecule has 1 aliphatic heterocycles. The second-order valence-electron chi connectivity index (χ2n) is 6.22. The van der Waals surface area contributed by atoms with Crippen LogP contribution in [0.25, 0.3) is 0 Å². The fourth-order valence-electron chi connectivity index (χ4n) is 2.93. The molecule has 1 aromatic carbocycles. The number of hydrogen-bond acceptors (Lipinski definition) is 5. The van der Waals surface area contributed by atoms with Crippen LogP contribution in [0.3, 0.4) is 0 Å². The summed E-state index contributed by atoms with van der Waals surface area (Å²) in [6, 6.07) is 7.36. The second kappa shape index (κ2) is 8.02. The lowest BCUT2D eigenvalue weighted by atomic mass is 10.0. The number of nitrogens with zero attached hydrogens (tertiary/aromatic N) is 1. The molecular weight excluding hydrogens is 322 g/mol. The first-order valence-electron chi connectivity index (χ1n) is 8.38. The number of rotatable bonds is 6. The van der Waals surface area contributed by atoms with Crippen molar-refractivity contribution >= 4 is 11.7 Å². The van der Waals surface area contributed by atoms with Gasteiger partial charge in [-0.15, -0.1) is 0 Å². The lowest BCUT2D eigenvalue weighted by Crippen LogP contribution is -2.43. The fourth-order valence-corrected chi connectivity index (χ4v) is 2.93. The lowest BCUT2D eigenvalue weighted by Gasteiger charge is -2.15. The van der Waals surface area contributed by atoms with Gasteiger partial charge in [-0.2, -0.15) is 0 Å². The number of nitrogens with one attached hydrogen (secondary N) is 2. The average molecular weight is 345 g/mol. The summed E-state index contributed by atoms with van der Waals surface area (Å²) in [7, 11) is 1.63. The summed E-state index contributed by atoms with van der Waals surface area (Å²) < 4.78 is 5.14. The topological polar surface area (TPSA) is 92.2 Å². The Morgan fingerprint density at radius 3 is 2.84 bits per heavy atom. The van der Waals surface area contributed by atoms with Gasteiger partial charge in [-0.1, -0.05) is 17.3 Å². The summed E-state index contributed by atoms with van der Waals surface area (Å²) in [6.07, 6.45) is 5.04. The molecule has 0 saturated carbocycles. The molecule has 0 unspecified atom stereocenters. The van der Waals surface area contributed by atoms with Crippen LogP contribution in [-0.2, 0) is 4.84 Å². The second-order valence-corrected chi connectivity index (χ2v) is 6.22. The number of ether oxygens (including phenoxy) is 1. The molecule has 3 atom stereocenters. The molecule has 7 heteroatoms. The number of aliphatic hydroxyl groups is 1. The van der Waals surface area contributed by atoms with E-state index in [-0.39, 0.29) is 30.7 Å². The zero-order valence-electron chi connectivity index (χ0n) is 14.1. The Bertz CT molecular complexity index is 657. The molecule has 0 bridgehead atoms. The van der Waals surface area contributed by atoms with Crippen LogP contribution in [0.2, 0.25) is 0 Å². The van der Waals surface area contributed by atoms with Gasteiger partial charge in [0.05, 0.1) is 19.4 Å². The van der Waals surface area contributed by atoms with E-state index < -0.39 is 0 Å². The molecular formula is C18H23N3O4. The number of carbonyl (C=O) groups excluding carboxylic acids is 1. The maximum absolute atomic E-state index is 11.9. The fraction of sp³-hybridized carbons (Fsp3) is 0.444. The van der Waals surface area contributed by atoms with Gasteiger partial charge >= 0.3 is 6.03 Å². The van der Waals surface area contributed by atoms with Gasteiger partial charge in [0.15, 0.2) is 6.10 Å². The number of benzene rings is 1. The van der Waals surface area contributed by atoms with Gasteiger partial charge in [-0.25, -0.2) is 4.79 Å². The number of carbonyl (C=O) groups is 1. The highest BCUT2D eigenvalue weighted by atomic mass is 16.6. The number of oxime groups is 1. The van der Waals surface area contributed by atoms with Crippen molar-refractivity contribution in [2.24, 2.45) is 11.1 Å². The summed E-state index contributed by atoms with van der Waals surface area (Å²) in [5, 5.41) is 18.9. The van der Waals surface area contributed by atoms with E-state index in [1.54, 1.807) is 7.11 Å². The van der Waals surface area contributed by atoms with Crippen molar-refractivity contribution < 1.29 is 19.5 Å². The van der Waals surface area contributed by atoms with E-state index in [2.05, 4.69) is 15.8 Å². The molecule has 0 spiro atoms. The zero-order valence-corrected chi connectivity index (χ0v) is 14.1. The number of aliphatic hydroxyl groups excluding tert-OH is 1. The van der Waals surface area contributed by atoms with Crippen LogP contribution in [0.5, 0.6) is 5.75 Å². The number of amides is 2. The first kappa shape index (κ1) is 17.3. The summed E-state index contributed by atoms with van der Waals surface area (Å²) >= 11 is 0. The van der Waals surface area contributed by atoms with Crippen LogP contribution in [0.4, 0.5) is 4.79 Å². The van der Waals surface area contributed by atoms with Crippen molar-refractivity contribution in [3.63, 3.8) is 0 Å². The van der Waals surface area contributed by atoms with Crippen molar-refractivity contribution in [1.82, 2.24) is 10.6 Å². The molecule has 25 heavy (non-hydrogen) atoms. The Morgan fingerprint density at radius 2 is 2.16 bits per heavy atom. The van der Waals surface area contributed by atoms with Crippen molar-refractivity contribution in [2.75, 3.05) is 20.3 Å². The van der Waals surface area contributed by atoms with Crippen molar-refractivity contribution in [1.29, 1.82) is 0 Å². The minimum atomic E-state index is -0.241. The molecule has 1 aliphatic carbocycles. The standard InChI is InChI=1S/C18H23N3O4/c1-24-15-6-3-13(4-7-15)17-9-16(25-21-17)10-19-18(23)20-14-5-2-12(8-14)11-22/h2-7,12,14,16,22H,8-11H2,1H3,(H2,19,20,23)/t12-,14+,16+/m0/s1. The Labute approximate surface area is 146 Å². The SMILES string of the molecule is COc1ccc(C2=NO[C@@H](CNC(=O)N[C@@H]3C=C[C@H](CO)C3)C2)cc1. The van der Waals surface area contributed by atoms with Gasteiger partial charge in [-0.05, 0) is 36.2 Å². The normalized spacial score (nSPS) is 24.6. The van der Waals surface area contributed by atoms with E-state index >= 15 is 0 Å². The largest absolute Gasteiger partial charge is 0.497 e. The third-order valence-corrected chi connectivity index (χ3v) is 4.37. The van der Waals surface area contributed by atoms with Gasteiger partial charge < -0.3 is 25.3 Å². The molecule has 3 rings (SSSR count). The molecule has 0 fully saturated rings. The van der Waals surface area contributed by atoms with Crippen molar-refractivity contribution in [3.8, 4) is 5.75 Å². The molecule has 2 aliphatic rings. The minimum absolute atomic E-state index is 0.0345. The molecule has 3 N–H and O–H groups in total. The number of hydrogen-bond donors (Lipinski definition) is 3. The maximum atomic E-state index is 11.9. The van der Waals surface area contributed by atoms with Crippen LogP contribution < -0.4 is 15.4 Å². The highest BCUT2D eigenvalue weighted by molar-refractivity contribution is 6.01. The molecule has 1 heterocycles. The highest BCUT2D eigenvalue weighted by Gasteiger charge is 2.24. The van der Waals surface area contributed by atoms with E-state index in [1.165, 1.54) is 0 Å². The predicted molar refractivity (Wildman–Crippen MR) is 93.7 cm³/mol. The number of methoxy groups -OCH3 is 1. The van der Waals surface area contributed by atoms with E-state index in [0.29, 0.717) is 13.0 Å². The Balaban J connectivity index is 1.40. The smallest absolute Gasteiger partial charge is 0.315 e. The maximum Gasteiger partial charge on any atom is 0.315 e. The van der Waals surface area contributed by atoms with Crippen LogP contribution in [0.15, 0.2) is 41.6 Å². The monoisotopic (exact) mass is 345 g/mol. The summed E-state index contributed by atoms with van der Waals surface area (Å²) in [6.45, 7) is 0.493. The van der Waals surface area contributed by atoms with E-state index in [1.807, 2.05) is 36.4 Å². The molecule has 0 saturated heterocycles.